The molecule has 12 nitrogen and oxygen atoms in total. The number of rotatable bonds is 7. The number of benzene rings is 2. The van der Waals surface area contributed by atoms with Crippen LogP contribution in [-0.4, -0.2) is 136 Å². The fourth-order valence-corrected chi connectivity index (χ4v) is 7.45. The highest BCUT2D eigenvalue weighted by molar-refractivity contribution is 5.95. The van der Waals surface area contributed by atoms with Crippen LogP contribution in [0.3, 0.4) is 0 Å². The second-order valence-electron chi connectivity index (χ2n) is 15.2. The molecule has 0 radical (unpaired) electrons. The Balaban J connectivity index is 0.941. The molecule has 1 aromatic heterocycles. The van der Waals surface area contributed by atoms with Crippen molar-refractivity contribution in [1.82, 2.24) is 34.7 Å². The molecule has 3 aliphatic heterocycles. The van der Waals surface area contributed by atoms with E-state index in [-0.39, 0.29) is 29.2 Å². The molecule has 1 atom stereocenters. The van der Waals surface area contributed by atoms with Gasteiger partial charge in [0.25, 0.3) is 11.5 Å². The SMILES string of the molecule is C[C@H]1CN(CC2CCN(CC(=O)N3CCN(C(=O)c4cc(Cc5n[nH]c(=O)c6ccccc56)ccc4F)CC3)CC2)CCN1C(=O)OC(C)(C)C. The fourth-order valence-electron chi connectivity index (χ4n) is 7.45. The first kappa shape index (κ1) is 36.4. The zero-order chi connectivity index (χ0) is 36.3. The monoisotopic (exact) mass is 703 g/mol. The molecule has 0 bridgehead atoms. The molecular weight excluding hydrogens is 653 g/mol. The van der Waals surface area contributed by atoms with Crippen LogP contribution < -0.4 is 5.56 Å². The number of fused-ring (bicyclic) bond motifs is 1. The van der Waals surface area contributed by atoms with Crippen LogP contribution in [0.2, 0.25) is 0 Å². The van der Waals surface area contributed by atoms with Crippen LogP contribution in [0.25, 0.3) is 10.8 Å². The summed E-state index contributed by atoms with van der Waals surface area (Å²) in [4.78, 5) is 61.4. The molecule has 1 N–H and O–H groups in total. The second kappa shape index (κ2) is 15.5. The zero-order valence-electron chi connectivity index (χ0n) is 30.2. The summed E-state index contributed by atoms with van der Waals surface area (Å²) >= 11 is 0. The molecule has 0 aliphatic carbocycles. The van der Waals surface area contributed by atoms with Crippen molar-refractivity contribution < 1.29 is 23.5 Å². The molecule has 274 valence electrons. The summed E-state index contributed by atoms with van der Waals surface area (Å²) in [5, 5.41) is 7.98. The first-order valence-electron chi connectivity index (χ1n) is 18.1. The number of hydrogen-bond acceptors (Lipinski definition) is 8. The zero-order valence-corrected chi connectivity index (χ0v) is 30.2. The van der Waals surface area contributed by atoms with Crippen LogP contribution in [0.5, 0.6) is 0 Å². The second-order valence-corrected chi connectivity index (χ2v) is 15.2. The van der Waals surface area contributed by atoms with Gasteiger partial charge in [0.1, 0.15) is 11.4 Å². The maximum Gasteiger partial charge on any atom is 0.410 e. The fraction of sp³-hybridized carbons (Fsp3) is 0.553. The van der Waals surface area contributed by atoms with Crippen molar-refractivity contribution in [3.8, 4) is 0 Å². The molecule has 3 amide bonds. The van der Waals surface area contributed by atoms with Crippen LogP contribution in [-0.2, 0) is 16.0 Å². The first-order valence-corrected chi connectivity index (χ1v) is 18.1. The number of nitrogens with zero attached hydrogens (tertiary/aromatic N) is 6. The van der Waals surface area contributed by atoms with Gasteiger partial charge in [0.2, 0.25) is 5.91 Å². The van der Waals surface area contributed by atoms with E-state index in [1.807, 2.05) is 37.8 Å². The maximum atomic E-state index is 15.0. The van der Waals surface area contributed by atoms with Crippen LogP contribution in [0.1, 0.15) is 62.2 Å². The van der Waals surface area contributed by atoms with Crippen molar-refractivity contribution in [2.45, 2.75) is 58.6 Å². The van der Waals surface area contributed by atoms with Gasteiger partial charge in [-0.25, -0.2) is 14.3 Å². The minimum atomic E-state index is -0.595. The largest absolute Gasteiger partial charge is 0.444 e. The number of piperazine rings is 2. The average molecular weight is 704 g/mol. The first-order chi connectivity index (χ1) is 24.3. The Morgan fingerprint density at radius 1 is 0.902 bits per heavy atom. The van der Waals surface area contributed by atoms with Gasteiger partial charge < -0.3 is 19.4 Å². The lowest BCUT2D eigenvalue weighted by atomic mass is 9.95. The van der Waals surface area contributed by atoms with E-state index in [2.05, 4.69) is 26.9 Å². The third kappa shape index (κ3) is 8.93. The quantitative estimate of drug-likeness (QED) is 0.397. The van der Waals surface area contributed by atoms with Gasteiger partial charge in [0, 0.05) is 70.2 Å². The van der Waals surface area contributed by atoms with E-state index in [1.54, 1.807) is 34.1 Å². The molecule has 3 aromatic rings. The smallest absolute Gasteiger partial charge is 0.410 e. The van der Waals surface area contributed by atoms with E-state index < -0.39 is 17.3 Å². The normalized spacial score (nSPS) is 19.8. The van der Waals surface area contributed by atoms with Crippen LogP contribution in [0.4, 0.5) is 9.18 Å². The van der Waals surface area contributed by atoms with Gasteiger partial charge in [0.15, 0.2) is 0 Å². The van der Waals surface area contributed by atoms with Crippen LogP contribution >= 0.6 is 0 Å². The van der Waals surface area contributed by atoms with Gasteiger partial charge in [-0.05, 0) is 83.3 Å². The number of amides is 3. The highest BCUT2D eigenvalue weighted by Gasteiger charge is 2.33. The third-order valence-electron chi connectivity index (χ3n) is 10.2. The molecule has 2 aromatic carbocycles. The molecule has 0 spiro atoms. The van der Waals surface area contributed by atoms with Gasteiger partial charge in [-0.3, -0.25) is 24.2 Å². The molecule has 3 fully saturated rings. The Kier molecular flexibility index (Phi) is 11.1. The third-order valence-corrected chi connectivity index (χ3v) is 10.2. The summed E-state index contributed by atoms with van der Waals surface area (Å²) in [5.41, 5.74) is 0.549. The molecule has 0 unspecified atom stereocenters. The van der Waals surface area contributed by atoms with Crippen molar-refractivity contribution in [2.24, 2.45) is 5.92 Å². The van der Waals surface area contributed by atoms with E-state index in [9.17, 15) is 23.6 Å². The number of H-pyrrole nitrogens is 1. The lowest BCUT2D eigenvalue weighted by Gasteiger charge is -2.42. The van der Waals surface area contributed by atoms with Crippen LogP contribution in [0, 0.1) is 11.7 Å². The predicted octanol–water partition coefficient (Wildman–Crippen LogP) is 3.59. The number of aromatic nitrogens is 2. The van der Waals surface area contributed by atoms with E-state index in [1.165, 1.54) is 6.07 Å². The number of hydrogen-bond donors (Lipinski definition) is 1. The summed E-state index contributed by atoms with van der Waals surface area (Å²) in [5.74, 6) is -0.384. The molecule has 13 heteroatoms. The molecule has 51 heavy (non-hydrogen) atoms. The Morgan fingerprint density at radius 3 is 2.27 bits per heavy atom. The standard InChI is InChI=1S/C38H50FN7O5/c1-26-23-43(15-20-46(26)37(50)51-38(2,3)4)24-27-11-13-42(14-12-27)25-34(47)44-16-18-45(19-17-44)36(49)31-21-28(9-10-32(31)39)22-33-29-7-5-6-8-30(29)35(48)41-40-33/h5-10,21,26-27H,11-20,22-25H2,1-4H3,(H,41,48)/t26-/m0/s1. The van der Waals surface area contributed by atoms with Gasteiger partial charge in [-0.1, -0.05) is 24.3 Å². The molecular formula is C38H50FN7O5. The maximum absolute atomic E-state index is 15.0. The van der Waals surface area contributed by atoms with E-state index in [0.29, 0.717) is 73.6 Å². The minimum absolute atomic E-state index is 0.0109. The minimum Gasteiger partial charge on any atom is -0.444 e. The van der Waals surface area contributed by atoms with Gasteiger partial charge >= 0.3 is 6.09 Å². The molecule has 6 rings (SSSR count). The van der Waals surface area contributed by atoms with Crippen LogP contribution in [0.15, 0.2) is 47.3 Å². The van der Waals surface area contributed by atoms with E-state index in [0.717, 1.165) is 45.6 Å². The van der Waals surface area contributed by atoms with Gasteiger partial charge in [-0.2, -0.15) is 5.10 Å². The highest BCUT2D eigenvalue weighted by atomic mass is 19.1. The molecule has 3 aliphatic rings. The average Bonchev–Trinajstić information content (AvgIpc) is 3.10. The number of piperidine rings is 1. The predicted molar refractivity (Wildman–Crippen MR) is 192 cm³/mol. The summed E-state index contributed by atoms with van der Waals surface area (Å²) in [6, 6.07) is 11.8. The molecule has 4 heterocycles. The number of halogens is 1. The van der Waals surface area contributed by atoms with E-state index in [4.69, 9.17) is 4.74 Å². The summed E-state index contributed by atoms with van der Waals surface area (Å²) < 4.78 is 20.5. The van der Waals surface area contributed by atoms with Crippen molar-refractivity contribution in [1.29, 1.82) is 0 Å². The summed E-state index contributed by atoms with van der Waals surface area (Å²) in [6.07, 6.45) is 2.13. The number of nitrogens with one attached hydrogen (secondary N) is 1. The van der Waals surface area contributed by atoms with Crippen molar-refractivity contribution in [2.75, 3.05) is 72.0 Å². The van der Waals surface area contributed by atoms with Crippen molar-refractivity contribution in [3.05, 3.63) is 75.5 Å². The van der Waals surface area contributed by atoms with Crippen molar-refractivity contribution in [3.63, 3.8) is 0 Å². The van der Waals surface area contributed by atoms with Crippen molar-refractivity contribution >= 4 is 28.7 Å². The number of ether oxygens (including phenoxy) is 1. The molecule has 3 saturated heterocycles. The number of likely N-dealkylation sites (tertiary alicyclic amines) is 1. The highest BCUT2D eigenvalue weighted by Crippen LogP contribution is 2.23. The lowest BCUT2D eigenvalue weighted by molar-refractivity contribution is -0.134. The lowest BCUT2D eigenvalue weighted by Crippen LogP contribution is -2.56. The number of carbonyl (C=O) groups excluding carboxylic acids is 3. The Hall–Kier alpha value is -4.36. The number of carbonyl (C=O) groups is 3. The summed E-state index contributed by atoms with van der Waals surface area (Å²) in [6.45, 7) is 14.6. The summed E-state index contributed by atoms with van der Waals surface area (Å²) in [7, 11) is 0. The Labute approximate surface area is 298 Å². The Morgan fingerprint density at radius 2 is 1.59 bits per heavy atom. The van der Waals surface area contributed by atoms with Gasteiger partial charge in [0.05, 0.1) is 23.2 Å². The number of aromatic amines is 1. The Bertz CT molecular complexity index is 1790. The van der Waals surface area contributed by atoms with E-state index >= 15 is 0 Å². The van der Waals surface area contributed by atoms with Gasteiger partial charge in [-0.15, -0.1) is 0 Å². The molecule has 0 saturated carbocycles. The topological polar surface area (TPSA) is 122 Å².